The standard InChI is InChI=1S/C13H22N2O/c1-11(12-6-5-7-14-10-12)15-8-9-16-13(2,3)4/h5-7,10-11,15H,8-9H2,1-4H3. The second-order valence-electron chi connectivity index (χ2n) is 4.92. The molecule has 3 heteroatoms. The van der Waals surface area contributed by atoms with Gasteiger partial charge in [0.2, 0.25) is 0 Å². The third kappa shape index (κ3) is 5.24. The van der Waals surface area contributed by atoms with E-state index in [-0.39, 0.29) is 5.60 Å². The third-order valence-electron chi connectivity index (χ3n) is 2.27. The predicted octanol–water partition coefficient (Wildman–Crippen LogP) is 2.55. The van der Waals surface area contributed by atoms with Crippen molar-refractivity contribution in [1.82, 2.24) is 10.3 Å². The van der Waals surface area contributed by atoms with Crippen LogP contribution in [-0.4, -0.2) is 23.7 Å². The molecule has 90 valence electrons. The molecule has 1 heterocycles. The number of pyridine rings is 1. The maximum absolute atomic E-state index is 5.64. The van der Waals surface area contributed by atoms with E-state index in [1.165, 1.54) is 5.56 Å². The van der Waals surface area contributed by atoms with Gasteiger partial charge in [-0.2, -0.15) is 0 Å². The molecule has 1 N–H and O–H groups in total. The highest BCUT2D eigenvalue weighted by Gasteiger charge is 2.09. The van der Waals surface area contributed by atoms with E-state index >= 15 is 0 Å². The Morgan fingerprint density at radius 2 is 2.19 bits per heavy atom. The molecule has 1 aromatic rings. The van der Waals surface area contributed by atoms with Crippen molar-refractivity contribution in [2.75, 3.05) is 13.2 Å². The van der Waals surface area contributed by atoms with Crippen molar-refractivity contribution < 1.29 is 4.74 Å². The average molecular weight is 222 g/mol. The molecular formula is C13H22N2O. The van der Waals surface area contributed by atoms with Crippen molar-refractivity contribution in [2.24, 2.45) is 0 Å². The van der Waals surface area contributed by atoms with Crippen LogP contribution in [0.2, 0.25) is 0 Å². The van der Waals surface area contributed by atoms with Gasteiger partial charge in [-0.1, -0.05) is 6.07 Å². The van der Waals surface area contributed by atoms with E-state index in [0.717, 1.165) is 13.2 Å². The molecule has 0 amide bonds. The lowest BCUT2D eigenvalue weighted by molar-refractivity contribution is -0.00149. The minimum Gasteiger partial charge on any atom is -0.375 e. The van der Waals surface area contributed by atoms with Crippen LogP contribution in [0.25, 0.3) is 0 Å². The molecule has 1 rings (SSSR count). The highest BCUT2D eigenvalue weighted by atomic mass is 16.5. The number of aromatic nitrogens is 1. The smallest absolute Gasteiger partial charge is 0.0599 e. The number of rotatable bonds is 5. The zero-order valence-corrected chi connectivity index (χ0v) is 10.7. The summed E-state index contributed by atoms with van der Waals surface area (Å²) in [5.41, 5.74) is 1.15. The Kier molecular flexibility index (Phi) is 4.90. The number of hydrogen-bond acceptors (Lipinski definition) is 3. The Morgan fingerprint density at radius 1 is 1.44 bits per heavy atom. The van der Waals surface area contributed by atoms with Gasteiger partial charge in [-0.15, -0.1) is 0 Å². The van der Waals surface area contributed by atoms with Crippen LogP contribution in [-0.2, 0) is 4.74 Å². The van der Waals surface area contributed by atoms with Gasteiger partial charge in [0.05, 0.1) is 12.2 Å². The SMILES string of the molecule is CC(NCCOC(C)(C)C)c1cccnc1. The quantitative estimate of drug-likeness (QED) is 0.777. The number of hydrogen-bond donors (Lipinski definition) is 1. The van der Waals surface area contributed by atoms with Crippen molar-refractivity contribution in [2.45, 2.75) is 39.3 Å². The normalized spacial score (nSPS) is 13.8. The zero-order chi connectivity index (χ0) is 12.0. The number of nitrogens with one attached hydrogen (secondary N) is 1. The third-order valence-corrected chi connectivity index (χ3v) is 2.27. The van der Waals surface area contributed by atoms with E-state index in [4.69, 9.17) is 4.74 Å². The maximum Gasteiger partial charge on any atom is 0.0599 e. The van der Waals surface area contributed by atoms with Crippen molar-refractivity contribution in [3.8, 4) is 0 Å². The fourth-order valence-corrected chi connectivity index (χ4v) is 1.38. The minimum absolute atomic E-state index is 0.0563. The molecule has 16 heavy (non-hydrogen) atoms. The molecule has 0 aliphatic heterocycles. The second kappa shape index (κ2) is 5.97. The molecule has 0 aromatic carbocycles. The van der Waals surface area contributed by atoms with Gasteiger partial charge in [-0.05, 0) is 39.3 Å². The summed E-state index contributed by atoms with van der Waals surface area (Å²) in [7, 11) is 0. The summed E-state index contributed by atoms with van der Waals surface area (Å²) in [6, 6.07) is 4.35. The monoisotopic (exact) mass is 222 g/mol. The van der Waals surface area contributed by atoms with E-state index in [9.17, 15) is 0 Å². The molecule has 0 saturated carbocycles. The fraction of sp³-hybridized carbons (Fsp3) is 0.615. The zero-order valence-electron chi connectivity index (χ0n) is 10.7. The average Bonchev–Trinajstić information content (AvgIpc) is 2.24. The van der Waals surface area contributed by atoms with E-state index in [2.05, 4.69) is 44.1 Å². The first kappa shape index (κ1) is 13.1. The predicted molar refractivity (Wildman–Crippen MR) is 66.4 cm³/mol. The summed E-state index contributed by atoms with van der Waals surface area (Å²) in [4.78, 5) is 4.10. The van der Waals surface area contributed by atoms with Crippen molar-refractivity contribution >= 4 is 0 Å². The summed E-state index contributed by atoms with van der Waals surface area (Å²) in [6.45, 7) is 9.92. The Morgan fingerprint density at radius 3 is 2.75 bits per heavy atom. The summed E-state index contributed by atoms with van der Waals surface area (Å²) < 4.78 is 5.64. The Hall–Kier alpha value is -0.930. The van der Waals surface area contributed by atoms with Crippen LogP contribution < -0.4 is 5.32 Å². The van der Waals surface area contributed by atoms with Gasteiger partial charge >= 0.3 is 0 Å². The summed E-state index contributed by atoms with van der Waals surface area (Å²) in [5.74, 6) is 0. The second-order valence-corrected chi connectivity index (χ2v) is 4.92. The lowest BCUT2D eigenvalue weighted by Crippen LogP contribution is -2.28. The van der Waals surface area contributed by atoms with Gasteiger partial charge in [0.25, 0.3) is 0 Å². The molecular weight excluding hydrogens is 200 g/mol. The molecule has 0 aliphatic carbocycles. The van der Waals surface area contributed by atoms with Gasteiger partial charge in [0, 0.05) is 25.0 Å². The minimum atomic E-state index is -0.0563. The van der Waals surface area contributed by atoms with Crippen LogP contribution >= 0.6 is 0 Å². The van der Waals surface area contributed by atoms with Crippen LogP contribution in [0.3, 0.4) is 0 Å². The first-order valence-corrected chi connectivity index (χ1v) is 5.76. The Balaban J connectivity index is 2.24. The summed E-state index contributed by atoms with van der Waals surface area (Å²) in [6.07, 6.45) is 3.68. The highest BCUT2D eigenvalue weighted by Crippen LogP contribution is 2.10. The molecule has 1 aromatic heterocycles. The molecule has 0 spiro atoms. The first-order valence-electron chi connectivity index (χ1n) is 5.76. The highest BCUT2D eigenvalue weighted by molar-refractivity contribution is 5.12. The van der Waals surface area contributed by atoms with Gasteiger partial charge in [0.15, 0.2) is 0 Å². The Labute approximate surface area is 98.2 Å². The lowest BCUT2D eigenvalue weighted by Gasteiger charge is -2.21. The van der Waals surface area contributed by atoms with Crippen LogP contribution in [0.4, 0.5) is 0 Å². The molecule has 0 bridgehead atoms. The van der Waals surface area contributed by atoms with Crippen molar-refractivity contribution in [3.63, 3.8) is 0 Å². The molecule has 0 aliphatic rings. The Bertz CT molecular complexity index is 293. The van der Waals surface area contributed by atoms with Crippen LogP contribution in [0.5, 0.6) is 0 Å². The van der Waals surface area contributed by atoms with Crippen LogP contribution in [0.15, 0.2) is 24.5 Å². The van der Waals surface area contributed by atoms with Gasteiger partial charge in [-0.25, -0.2) is 0 Å². The first-order chi connectivity index (χ1) is 7.49. The van der Waals surface area contributed by atoms with Gasteiger partial charge in [-0.3, -0.25) is 4.98 Å². The van der Waals surface area contributed by atoms with E-state index < -0.39 is 0 Å². The van der Waals surface area contributed by atoms with Crippen molar-refractivity contribution in [1.29, 1.82) is 0 Å². The van der Waals surface area contributed by atoms with E-state index in [0.29, 0.717) is 6.04 Å². The molecule has 0 fully saturated rings. The molecule has 1 unspecified atom stereocenters. The number of ether oxygens (including phenoxy) is 1. The van der Waals surface area contributed by atoms with E-state index in [1.807, 2.05) is 12.3 Å². The molecule has 1 atom stereocenters. The summed E-state index contributed by atoms with van der Waals surface area (Å²) >= 11 is 0. The number of nitrogens with zero attached hydrogens (tertiary/aromatic N) is 1. The van der Waals surface area contributed by atoms with E-state index in [1.54, 1.807) is 6.20 Å². The maximum atomic E-state index is 5.64. The summed E-state index contributed by atoms with van der Waals surface area (Å²) in [5, 5.41) is 3.41. The van der Waals surface area contributed by atoms with Crippen LogP contribution in [0.1, 0.15) is 39.3 Å². The molecule has 0 saturated heterocycles. The molecule has 0 radical (unpaired) electrons. The van der Waals surface area contributed by atoms with Crippen molar-refractivity contribution in [3.05, 3.63) is 30.1 Å². The van der Waals surface area contributed by atoms with Gasteiger partial charge < -0.3 is 10.1 Å². The lowest BCUT2D eigenvalue weighted by atomic mass is 10.1. The van der Waals surface area contributed by atoms with Gasteiger partial charge in [0.1, 0.15) is 0 Å². The largest absolute Gasteiger partial charge is 0.375 e. The topological polar surface area (TPSA) is 34.1 Å². The van der Waals surface area contributed by atoms with Crippen LogP contribution in [0, 0.1) is 0 Å². The molecule has 3 nitrogen and oxygen atoms in total. The fourth-order valence-electron chi connectivity index (χ4n) is 1.38.